The van der Waals surface area contributed by atoms with Gasteiger partial charge in [-0.2, -0.15) is 0 Å². The molecule has 0 amide bonds. The molecule has 250 valence electrons. The van der Waals surface area contributed by atoms with Crippen molar-refractivity contribution >= 4 is 70.9 Å². The van der Waals surface area contributed by atoms with E-state index >= 15 is 0 Å². The summed E-state index contributed by atoms with van der Waals surface area (Å²) in [5.41, 5.74) is 15.0. The van der Waals surface area contributed by atoms with Crippen molar-refractivity contribution in [2.45, 2.75) is 0 Å². The number of nitrogens with zero attached hydrogens (tertiary/aromatic N) is 4. The predicted molar refractivity (Wildman–Crippen MR) is 225 cm³/mol. The van der Waals surface area contributed by atoms with Crippen molar-refractivity contribution in [2.24, 2.45) is 0 Å². The lowest BCUT2D eigenvalue weighted by Gasteiger charge is -2.15. The predicted octanol–water partition coefficient (Wildman–Crippen LogP) is 12.9. The summed E-state index contributed by atoms with van der Waals surface area (Å²) in [4.78, 5) is 10.7. The fraction of sp³-hybridized carbons (Fsp3) is 0. The van der Waals surface area contributed by atoms with E-state index in [1.54, 1.807) is 0 Å². The zero-order valence-electron chi connectivity index (χ0n) is 29.1. The van der Waals surface area contributed by atoms with Crippen molar-refractivity contribution in [2.75, 3.05) is 0 Å². The van der Waals surface area contributed by atoms with Gasteiger partial charge in [-0.1, -0.05) is 140 Å². The highest BCUT2D eigenvalue weighted by Crippen LogP contribution is 2.48. The maximum absolute atomic E-state index is 5.40. The van der Waals surface area contributed by atoms with Crippen molar-refractivity contribution in [3.63, 3.8) is 0 Å². The van der Waals surface area contributed by atoms with Gasteiger partial charge in [-0.15, -0.1) is 0 Å². The van der Waals surface area contributed by atoms with E-state index in [0.717, 1.165) is 44.8 Å². The van der Waals surface area contributed by atoms with Crippen LogP contribution in [0, 0.1) is 0 Å². The molecule has 4 nitrogen and oxygen atoms in total. The third-order valence-electron chi connectivity index (χ3n) is 11.2. The van der Waals surface area contributed by atoms with E-state index in [9.17, 15) is 0 Å². The Bertz CT molecular complexity index is 3410. The number of para-hydroxylation sites is 2. The van der Waals surface area contributed by atoms with Crippen molar-refractivity contribution in [3.05, 3.63) is 182 Å². The first-order valence-corrected chi connectivity index (χ1v) is 18.4. The fourth-order valence-electron chi connectivity index (χ4n) is 8.95. The van der Waals surface area contributed by atoms with Gasteiger partial charge in [-0.05, 0) is 53.4 Å². The molecule has 4 aromatic heterocycles. The van der Waals surface area contributed by atoms with Gasteiger partial charge in [-0.25, -0.2) is 9.97 Å². The number of rotatable bonds is 4. The van der Waals surface area contributed by atoms with Gasteiger partial charge >= 0.3 is 0 Å². The quantitative estimate of drug-likeness (QED) is 0.185. The Balaban J connectivity index is 1.26. The minimum atomic E-state index is 0.853. The van der Waals surface area contributed by atoms with Crippen molar-refractivity contribution in [1.82, 2.24) is 18.9 Å². The topological polar surface area (TPSA) is 35.1 Å². The molecule has 0 spiro atoms. The second-order valence-electron chi connectivity index (χ2n) is 14.1. The van der Waals surface area contributed by atoms with Gasteiger partial charge in [0, 0.05) is 49.3 Å². The molecule has 0 aliphatic carbocycles. The van der Waals surface area contributed by atoms with E-state index in [1.807, 2.05) is 12.1 Å². The van der Waals surface area contributed by atoms with Gasteiger partial charge in [0.25, 0.3) is 0 Å². The number of hydrogen-bond acceptors (Lipinski definition) is 2. The largest absolute Gasteiger partial charge is 0.308 e. The summed E-state index contributed by atoms with van der Waals surface area (Å²) in [7, 11) is 0. The zero-order chi connectivity index (χ0) is 35.3. The molecule has 0 radical (unpaired) electrons. The third kappa shape index (κ3) is 4.02. The molecule has 0 N–H and O–H groups in total. The Morgan fingerprint density at radius 2 is 0.889 bits per heavy atom. The standard InChI is InChI=1S/C50H30N4/c1-4-15-31(16-5-1)38-30-39-36-22-11-13-25-43(36)54-42-24-12-10-21-35(42)37-23-14-26-44-45(37)46(50(39)54)49(38)53(44)34-27-28-40-41(29-34)52-48(33-19-8-3-9-20-33)47(51-40)32-17-6-2-7-18-32/h1-30H. The lowest BCUT2D eigenvalue weighted by Crippen LogP contribution is -1.99. The summed E-state index contributed by atoms with van der Waals surface area (Å²) in [6, 6.07) is 65.2. The lowest BCUT2D eigenvalue weighted by molar-refractivity contribution is 1.18. The highest BCUT2D eigenvalue weighted by molar-refractivity contribution is 6.35. The van der Waals surface area contributed by atoms with Crippen LogP contribution in [0.15, 0.2) is 182 Å². The molecule has 12 rings (SSSR count). The molecule has 0 aliphatic heterocycles. The minimum Gasteiger partial charge on any atom is -0.308 e. The summed E-state index contributed by atoms with van der Waals surface area (Å²) in [5, 5.41) is 7.51. The van der Waals surface area contributed by atoms with Crippen molar-refractivity contribution < 1.29 is 0 Å². The number of benzene rings is 8. The first-order chi connectivity index (χ1) is 26.8. The summed E-state index contributed by atoms with van der Waals surface area (Å²) < 4.78 is 4.98. The second-order valence-corrected chi connectivity index (χ2v) is 14.1. The Kier molecular flexibility index (Phi) is 6.02. The van der Waals surface area contributed by atoms with Gasteiger partial charge in [0.1, 0.15) is 0 Å². The molecule has 0 saturated carbocycles. The molecule has 54 heavy (non-hydrogen) atoms. The van der Waals surface area contributed by atoms with E-state index < -0.39 is 0 Å². The molecule has 12 aromatic rings. The van der Waals surface area contributed by atoms with E-state index in [0.29, 0.717) is 0 Å². The van der Waals surface area contributed by atoms with Gasteiger partial charge in [0.05, 0.1) is 50.0 Å². The molecular formula is C50H30N4. The van der Waals surface area contributed by atoms with E-state index in [2.05, 4.69) is 179 Å². The Labute approximate surface area is 310 Å². The van der Waals surface area contributed by atoms with Crippen LogP contribution >= 0.6 is 0 Å². The Morgan fingerprint density at radius 3 is 1.56 bits per heavy atom. The molecule has 0 atom stereocenters. The van der Waals surface area contributed by atoms with E-state index in [-0.39, 0.29) is 0 Å². The maximum atomic E-state index is 5.40. The van der Waals surface area contributed by atoms with Crippen LogP contribution in [-0.4, -0.2) is 18.9 Å². The number of aromatic nitrogens is 4. The molecule has 0 aliphatic rings. The van der Waals surface area contributed by atoms with E-state index in [1.165, 1.54) is 65.5 Å². The number of fused-ring (bicyclic) bond motifs is 7. The minimum absolute atomic E-state index is 0.853. The smallest absolute Gasteiger partial charge is 0.0973 e. The summed E-state index contributed by atoms with van der Waals surface area (Å²) in [5.74, 6) is 0. The highest BCUT2D eigenvalue weighted by Gasteiger charge is 2.26. The lowest BCUT2D eigenvalue weighted by atomic mass is 9.97. The average Bonchev–Trinajstić information content (AvgIpc) is 3.72. The summed E-state index contributed by atoms with van der Waals surface area (Å²) >= 11 is 0. The van der Waals surface area contributed by atoms with Gasteiger partial charge in [0.2, 0.25) is 0 Å². The Hall–Kier alpha value is -7.30. The van der Waals surface area contributed by atoms with Crippen LogP contribution in [0.1, 0.15) is 0 Å². The van der Waals surface area contributed by atoms with Crippen LogP contribution in [0.25, 0.3) is 110 Å². The van der Waals surface area contributed by atoms with Crippen LogP contribution < -0.4 is 0 Å². The van der Waals surface area contributed by atoms with Crippen LogP contribution in [-0.2, 0) is 0 Å². The monoisotopic (exact) mass is 686 g/mol. The molecule has 4 heteroatoms. The maximum Gasteiger partial charge on any atom is 0.0973 e. The molecule has 8 aromatic carbocycles. The normalized spacial score (nSPS) is 12.1. The van der Waals surface area contributed by atoms with Gasteiger partial charge < -0.3 is 8.97 Å². The summed E-state index contributed by atoms with van der Waals surface area (Å²) in [6.07, 6.45) is 0. The molecule has 0 bridgehead atoms. The third-order valence-corrected chi connectivity index (χ3v) is 11.2. The van der Waals surface area contributed by atoms with Crippen LogP contribution in [0.5, 0.6) is 0 Å². The van der Waals surface area contributed by atoms with Crippen molar-refractivity contribution in [1.29, 1.82) is 0 Å². The molecule has 0 saturated heterocycles. The first kappa shape index (κ1) is 29.3. The van der Waals surface area contributed by atoms with Crippen LogP contribution in [0.2, 0.25) is 0 Å². The first-order valence-electron chi connectivity index (χ1n) is 18.4. The van der Waals surface area contributed by atoms with Gasteiger partial charge in [0.15, 0.2) is 0 Å². The fourth-order valence-corrected chi connectivity index (χ4v) is 8.95. The molecule has 0 fully saturated rings. The SMILES string of the molecule is c1ccc(-c2nc3ccc(-n4c5cccc6c7ccccc7n7c8ccccc8c8cc(-c9ccccc9)c4c(c65)c87)cc3nc2-c2ccccc2)cc1. The van der Waals surface area contributed by atoms with Gasteiger partial charge in [-0.3, -0.25) is 0 Å². The van der Waals surface area contributed by atoms with Crippen molar-refractivity contribution in [3.8, 4) is 39.3 Å². The molecule has 0 unspecified atom stereocenters. The molecular weight excluding hydrogens is 657 g/mol. The highest BCUT2D eigenvalue weighted by atomic mass is 15.0. The molecule has 4 heterocycles. The zero-order valence-corrected chi connectivity index (χ0v) is 29.1. The van der Waals surface area contributed by atoms with E-state index in [4.69, 9.17) is 9.97 Å². The van der Waals surface area contributed by atoms with Crippen LogP contribution in [0.3, 0.4) is 0 Å². The van der Waals surface area contributed by atoms with Crippen LogP contribution in [0.4, 0.5) is 0 Å². The Morgan fingerprint density at radius 1 is 0.352 bits per heavy atom. The average molecular weight is 687 g/mol. The number of hydrogen-bond donors (Lipinski definition) is 0. The summed E-state index contributed by atoms with van der Waals surface area (Å²) in [6.45, 7) is 0. The second kappa shape index (κ2) is 11.1.